The Morgan fingerprint density at radius 2 is 1.92 bits per heavy atom. The van der Waals surface area contributed by atoms with E-state index in [1.807, 2.05) is 24.3 Å². The molecule has 0 atom stereocenters. The van der Waals surface area contributed by atoms with Crippen molar-refractivity contribution in [3.63, 3.8) is 0 Å². The molecule has 1 aliphatic rings. The van der Waals surface area contributed by atoms with Crippen molar-refractivity contribution in [1.82, 2.24) is 0 Å². The first-order chi connectivity index (χ1) is 11.2. The quantitative estimate of drug-likeness (QED) is 0.426. The van der Waals surface area contributed by atoms with Gasteiger partial charge in [0, 0.05) is 11.8 Å². The standard InChI is InChI=1S/C19H23N3O.HI/c1-13-6-3-4-9-18(13)14-10-16(11-14)22-19(20)21-15-7-5-8-17(12-15)23-2;/h3-9,12,14,16H,10-11H2,1-2H3,(H3,20,21,22);1H. The molecule has 0 saturated heterocycles. The molecule has 0 aliphatic heterocycles. The lowest BCUT2D eigenvalue weighted by atomic mass is 9.75. The van der Waals surface area contributed by atoms with Gasteiger partial charge in [-0.3, -0.25) is 0 Å². The van der Waals surface area contributed by atoms with E-state index in [2.05, 4.69) is 41.5 Å². The Morgan fingerprint density at radius 3 is 2.62 bits per heavy atom. The van der Waals surface area contributed by atoms with Gasteiger partial charge in [-0.05, 0) is 48.9 Å². The molecule has 128 valence electrons. The van der Waals surface area contributed by atoms with Crippen LogP contribution in [-0.2, 0) is 0 Å². The molecule has 1 aliphatic carbocycles. The van der Waals surface area contributed by atoms with Crippen molar-refractivity contribution >= 4 is 35.6 Å². The molecule has 1 saturated carbocycles. The Balaban J connectivity index is 0.00000208. The van der Waals surface area contributed by atoms with Crippen molar-refractivity contribution in [3.8, 4) is 5.75 Å². The number of benzene rings is 2. The predicted octanol–water partition coefficient (Wildman–Crippen LogP) is 4.29. The molecule has 0 spiro atoms. The molecule has 3 rings (SSSR count). The van der Waals surface area contributed by atoms with Crippen molar-refractivity contribution in [2.75, 3.05) is 12.4 Å². The van der Waals surface area contributed by atoms with Gasteiger partial charge in [0.1, 0.15) is 5.75 Å². The van der Waals surface area contributed by atoms with Crippen LogP contribution < -0.4 is 15.8 Å². The normalized spacial score (nSPS) is 19.8. The van der Waals surface area contributed by atoms with Gasteiger partial charge in [0.2, 0.25) is 0 Å². The molecule has 0 bridgehead atoms. The minimum absolute atomic E-state index is 0. The lowest BCUT2D eigenvalue weighted by Gasteiger charge is -2.34. The smallest absolute Gasteiger partial charge is 0.193 e. The highest BCUT2D eigenvalue weighted by Crippen LogP contribution is 2.40. The van der Waals surface area contributed by atoms with Gasteiger partial charge in [-0.2, -0.15) is 0 Å². The van der Waals surface area contributed by atoms with E-state index in [0.717, 1.165) is 24.3 Å². The van der Waals surface area contributed by atoms with Crippen molar-refractivity contribution in [1.29, 1.82) is 0 Å². The van der Waals surface area contributed by atoms with Gasteiger partial charge in [0.15, 0.2) is 5.96 Å². The molecule has 2 aromatic rings. The molecule has 3 N–H and O–H groups in total. The second-order valence-electron chi connectivity index (χ2n) is 6.05. The monoisotopic (exact) mass is 437 g/mol. The average Bonchev–Trinajstić information content (AvgIpc) is 2.51. The highest BCUT2D eigenvalue weighted by Gasteiger charge is 2.30. The molecule has 0 aromatic heterocycles. The number of hydrogen-bond donors (Lipinski definition) is 2. The number of rotatable bonds is 4. The topological polar surface area (TPSA) is 59.6 Å². The molecular weight excluding hydrogens is 413 g/mol. The van der Waals surface area contributed by atoms with Crippen LogP contribution >= 0.6 is 24.0 Å². The third-order valence-corrected chi connectivity index (χ3v) is 4.41. The fourth-order valence-corrected chi connectivity index (χ4v) is 3.07. The number of nitrogens with one attached hydrogen (secondary N) is 1. The first-order valence-corrected chi connectivity index (χ1v) is 7.95. The second kappa shape index (κ2) is 8.37. The van der Waals surface area contributed by atoms with E-state index in [0.29, 0.717) is 17.9 Å². The third-order valence-electron chi connectivity index (χ3n) is 4.41. The zero-order valence-corrected chi connectivity index (χ0v) is 16.4. The predicted molar refractivity (Wildman–Crippen MR) is 111 cm³/mol. The van der Waals surface area contributed by atoms with Crippen molar-refractivity contribution in [2.45, 2.75) is 31.7 Å². The van der Waals surface area contributed by atoms with E-state index in [9.17, 15) is 0 Å². The average molecular weight is 437 g/mol. The van der Waals surface area contributed by atoms with E-state index in [1.165, 1.54) is 11.1 Å². The van der Waals surface area contributed by atoms with Crippen molar-refractivity contribution in [3.05, 3.63) is 59.7 Å². The fourth-order valence-electron chi connectivity index (χ4n) is 3.07. The first-order valence-electron chi connectivity index (χ1n) is 7.95. The number of methoxy groups -OCH3 is 1. The Bertz CT molecular complexity index is 711. The number of ether oxygens (including phenoxy) is 1. The van der Waals surface area contributed by atoms with Crippen molar-refractivity contribution in [2.24, 2.45) is 10.7 Å². The number of nitrogens with two attached hydrogens (primary N) is 1. The number of aryl methyl sites for hydroxylation is 1. The maximum Gasteiger partial charge on any atom is 0.193 e. The summed E-state index contributed by atoms with van der Waals surface area (Å²) in [5, 5.41) is 3.13. The molecule has 0 radical (unpaired) electrons. The molecule has 1 fully saturated rings. The highest BCUT2D eigenvalue weighted by molar-refractivity contribution is 14.0. The Hall–Kier alpha value is -1.76. The summed E-state index contributed by atoms with van der Waals surface area (Å²) in [6.45, 7) is 2.17. The molecular formula is C19H24IN3O. The van der Waals surface area contributed by atoms with Crippen LogP contribution in [0.5, 0.6) is 5.75 Å². The molecule has 4 nitrogen and oxygen atoms in total. The summed E-state index contributed by atoms with van der Waals surface area (Å²) in [4.78, 5) is 4.58. The van der Waals surface area contributed by atoms with E-state index < -0.39 is 0 Å². The van der Waals surface area contributed by atoms with Crippen LogP contribution in [-0.4, -0.2) is 19.1 Å². The number of guanidine groups is 1. The van der Waals surface area contributed by atoms with Gasteiger partial charge in [-0.15, -0.1) is 24.0 Å². The first kappa shape index (κ1) is 18.6. The van der Waals surface area contributed by atoms with Crippen LogP contribution in [0.3, 0.4) is 0 Å². The zero-order valence-electron chi connectivity index (χ0n) is 14.0. The number of halogens is 1. The minimum atomic E-state index is 0. The highest BCUT2D eigenvalue weighted by atomic mass is 127. The number of hydrogen-bond acceptors (Lipinski definition) is 2. The van der Waals surface area contributed by atoms with Crippen molar-refractivity contribution < 1.29 is 4.74 Å². The lowest BCUT2D eigenvalue weighted by Crippen LogP contribution is -2.31. The van der Waals surface area contributed by atoms with Crippen LogP contribution in [0.4, 0.5) is 5.69 Å². The number of aliphatic imine (C=N–C) groups is 1. The fraction of sp³-hybridized carbons (Fsp3) is 0.316. The molecule has 0 heterocycles. The Labute approximate surface area is 160 Å². The molecule has 2 aromatic carbocycles. The van der Waals surface area contributed by atoms with E-state index in [-0.39, 0.29) is 24.0 Å². The summed E-state index contributed by atoms with van der Waals surface area (Å²) in [6.07, 6.45) is 2.12. The van der Waals surface area contributed by atoms with Crippen LogP contribution in [0.25, 0.3) is 0 Å². The summed E-state index contributed by atoms with van der Waals surface area (Å²) in [5.74, 6) is 1.87. The van der Waals surface area contributed by atoms with Crippen LogP contribution in [0.2, 0.25) is 0 Å². The van der Waals surface area contributed by atoms with Gasteiger partial charge in [-0.25, -0.2) is 4.99 Å². The van der Waals surface area contributed by atoms with E-state index in [4.69, 9.17) is 10.5 Å². The number of anilines is 1. The van der Waals surface area contributed by atoms with Gasteiger partial charge in [0.25, 0.3) is 0 Å². The minimum Gasteiger partial charge on any atom is -0.497 e. The largest absolute Gasteiger partial charge is 0.497 e. The number of nitrogens with zero attached hydrogens (tertiary/aromatic N) is 1. The maximum absolute atomic E-state index is 6.02. The Morgan fingerprint density at radius 1 is 1.17 bits per heavy atom. The van der Waals surface area contributed by atoms with Gasteiger partial charge in [-0.1, -0.05) is 30.3 Å². The summed E-state index contributed by atoms with van der Waals surface area (Å²) < 4.78 is 5.20. The summed E-state index contributed by atoms with van der Waals surface area (Å²) in [5.41, 5.74) is 9.72. The van der Waals surface area contributed by atoms with Crippen LogP contribution in [0.15, 0.2) is 53.5 Å². The molecule has 0 unspecified atom stereocenters. The van der Waals surface area contributed by atoms with Crippen LogP contribution in [0.1, 0.15) is 29.9 Å². The lowest BCUT2D eigenvalue weighted by molar-refractivity contribution is 0.352. The third kappa shape index (κ3) is 4.41. The van der Waals surface area contributed by atoms with Gasteiger partial charge < -0.3 is 15.8 Å². The van der Waals surface area contributed by atoms with Gasteiger partial charge >= 0.3 is 0 Å². The summed E-state index contributed by atoms with van der Waals surface area (Å²) in [6, 6.07) is 16.6. The summed E-state index contributed by atoms with van der Waals surface area (Å²) >= 11 is 0. The van der Waals surface area contributed by atoms with Crippen LogP contribution in [0, 0.1) is 6.92 Å². The molecule has 24 heavy (non-hydrogen) atoms. The van der Waals surface area contributed by atoms with E-state index in [1.54, 1.807) is 7.11 Å². The summed E-state index contributed by atoms with van der Waals surface area (Å²) in [7, 11) is 1.65. The molecule has 5 heteroatoms. The van der Waals surface area contributed by atoms with Gasteiger partial charge in [0.05, 0.1) is 13.2 Å². The molecule has 0 amide bonds. The maximum atomic E-state index is 6.02. The van der Waals surface area contributed by atoms with E-state index >= 15 is 0 Å². The second-order valence-corrected chi connectivity index (χ2v) is 6.05. The zero-order chi connectivity index (χ0) is 16.2. The SMILES string of the molecule is COc1cccc(NC(N)=NC2CC(c3ccccc3C)C2)c1.I. The Kier molecular flexibility index (Phi) is 6.48.